The van der Waals surface area contributed by atoms with Crippen LogP contribution in [0.5, 0.6) is 0 Å². The van der Waals surface area contributed by atoms with Gasteiger partial charge >= 0.3 is 5.97 Å². The van der Waals surface area contributed by atoms with Gasteiger partial charge in [-0.1, -0.05) is 27.7 Å². The first-order valence-electron chi connectivity index (χ1n) is 6.16. The summed E-state index contributed by atoms with van der Waals surface area (Å²) in [4.78, 5) is 11.3. The topological polar surface area (TPSA) is 52.6 Å². The lowest BCUT2D eigenvalue weighted by Crippen LogP contribution is -2.13. The standard InChI is InChI=1S/C12H25O4P/c1-10(2)7-15-5-6-17(14)9-12(13)16-8-11(3)4/h10-11,17H,5-9H2,1-4H3. The highest BCUT2D eigenvalue weighted by Crippen LogP contribution is 2.19. The van der Waals surface area contributed by atoms with Gasteiger partial charge in [-0.2, -0.15) is 0 Å². The second-order valence-corrected chi connectivity index (χ2v) is 6.94. The lowest BCUT2D eigenvalue weighted by molar-refractivity contribution is -0.141. The summed E-state index contributed by atoms with van der Waals surface area (Å²) in [5, 5.41) is 0. The van der Waals surface area contributed by atoms with Gasteiger partial charge < -0.3 is 14.0 Å². The van der Waals surface area contributed by atoms with Crippen LogP contribution >= 0.6 is 7.80 Å². The Morgan fingerprint density at radius 3 is 2.24 bits per heavy atom. The summed E-state index contributed by atoms with van der Waals surface area (Å²) in [6.45, 7) is 9.60. The second-order valence-electron chi connectivity index (χ2n) is 5.01. The summed E-state index contributed by atoms with van der Waals surface area (Å²) < 4.78 is 21.8. The molecule has 0 fully saturated rings. The Morgan fingerprint density at radius 1 is 1.12 bits per heavy atom. The van der Waals surface area contributed by atoms with Crippen LogP contribution in [0.3, 0.4) is 0 Å². The monoisotopic (exact) mass is 264 g/mol. The Bertz CT molecular complexity index is 239. The molecule has 0 N–H and O–H groups in total. The van der Waals surface area contributed by atoms with E-state index in [1.54, 1.807) is 0 Å². The molecule has 0 saturated carbocycles. The molecule has 0 bridgehead atoms. The molecule has 4 nitrogen and oxygen atoms in total. The van der Waals surface area contributed by atoms with Crippen LogP contribution in [0.4, 0.5) is 0 Å². The summed E-state index contributed by atoms with van der Waals surface area (Å²) >= 11 is 0. The largest absolute Gasteiger partial charge is 0.465 e. The van der Waals surface area contributed by atoms with Crippen LogP contribution in [-0.2, 0) is 18.8 Å². The maximum atomic E-state index is 11.5. The van der Waals surface area contributed by atoms with Crippen molar-refractivity contribution in [1.29, 1.82) is 0 Å². The van der Waals surface area contributed by atoms with Crippen LogP contribution in [0, 0.1) is 11.8 Å². The molecule has 0 amide bonds. The van der Waals surface area contributed by atoms with E-state index in [1.165, 1.54) is 0 Å². The molecular formula is C12H25O4P. The van der Waals surface area contributed by atoms with E-state index >= 15 is 0 Å². The quantitative estimate of drug-likeness (QED) is 0.364. The summed E-state index contributed by atoms with van der Waals surface area (Å²) in [7, 11) is -1.88. The number of esters is 1. The summed E-state index contributed by atoms with van der Waals surface area (Å²) in [6.07, 6.45) is 0.511. The Morgan fingerprint density at radius 2 is 1.71 bits per heavy atom. The van der Waals surface area contributed by atoms with E-state index < -0.39 is 7.80 Å². The van der Waals surface area contributed by atoms with Crippen LogP contribution in [-0.4, -0.2) is 38.1 Å². The molecule has 0 aliphatic rings. The first-order valence-corrected chi connectivity index (χ1v) is 7.99. The molecule has 0 radical (unpaired) electrons. The fraction of sp³-hybridized carbons (Fsp3) is 0.917. The van der Waals surface area contributed by atoms with Crippen molar-refractivity contribution in [2.24, 2.45) is 11.8 Å². The van der Waals surface area contributed by atoms with Crippen molar-refractivity contribution in [3.8, 4) is 0 Å². The molecule has 0 aromatic heterocycles. The van der Waals surface area contributed by atoms with Gasteiger partial charge in [-0.25, -0.2) is 0 Å². The van der Waals surface area contributed by atoms with Crippen LogP contribution < -0.4 is 0 Å². The summed E-state index contributed by atoms with van der Waals surface area (Å²) in [5.41, 5.74) is 0. The summed E-state index contributed by atoms with van der Waals surface area (Å²) in [5.74, 6) is 0.440. The van der Waals surface area contributed by atoms with Crippen molar-refractivity contribution in [2.75, 3.05) is 32.1 Å². The van der Waals surface area contributed by atoms with E-state index in [0.29, 0.717) is 37.8 Å². The number of ether oxygens (including phenoxy) is 2. The maximum Gasteiger partial charge on any atom is 0.313 e. The van der Waals surface area contributed by atoms with Crippen molar-refractivity contribution < 1.29 is 18.8 Å². The SMILES string of the molecule is CC(C)COCC[PH](=O)CC(=O)OCC(C)C. The maximum absolute atomic E-state index is 11.5. The first-order chi connectivity index (χ1) is 7.91. The van der Waals surface area contributed by atoms with Gasteiger partial charge in [-0.3, -0.25) is 4.79 Å². The predicted molar refractivity (Wildman–Crippen MR) is 70.2 cm³/mol. The third kappa shape index (κ3) is 11.9. The fourth-order valence-electron chi connectivity index (χ4n) is 1.07. The molecule has 1 unspecified atom stereocenters. The number of rotatable bonds is 9. The predicted octanol–water partition coefficient (Wildman–Crippen LogP) is 2.42. The number of carbonyl (C=O) groups is 1. The molecule has 0 spiro atoms. The summed E-state index contributed by atoms with van der Waals surface area (Å²) in [6, 6.07) is 0. The van der Waals surface area contributed by atoms with Crippen LogP contribution in [0.15, 0.2) is 0 Å². The van der Waals surface area contributed by atoms with E-state index in [9.17, 15) is 9.36 Å². The minimum absolute atomic E-state index is 0.0441. The zero-order chi connectivity index (χ0) is 13.3. The Hall–Kier alpha value is -0.340. The highest BCUT2D eigenvalue weighted by molar-refractivity contribution is 7.45. The van der Waals surface area contributed by atoms with E-state index in [-0.39, 0.29) is 12.1 Å². The highest BCUT2D eigenvalue weighted by atomic mass is 31.1. The molecule has 102 valence electrons. The van der Waals surface area contributed by atoms with Crippen LogP contribution in [0.25, 0.3) is 0 Å². The first kappa shape index (κ1) is 16.7. The molecule has 1 atom stereocenters. The lowest BCUT2D eigenvalue weighted by Gasteiger charge is -2.08. The van der Waals surface area contributed by atoms with E-state index in [2.05, 4.69) is 13.8 Å². The van der Waals surface area contributed by atoms with E-state index in [1.807, 2.05) is 13.8 Å². The normalized spacial score (nSPS) is 13.1. The van der Waals surface area contributed by atoms with Crippen molar-refractivity contribution in [1.82, 2.24) is 0 Å². The highest BCUT2D eigenvalue weighted by Gasteiger charge is 2.10. The average molecular weight is 264 g/mol. The molecule has 0 aromatic rings. The van der Waals surface area contributed by atoms with Gasteiger partial charge in [0.15, 0.2) is 0 Å². The molecule has 0 saturated heterocycles. The number of hydrogen-bond donors (Lipinski definition) is 0. The molecule has 0 aliphatic carbocycles. The molecule has 17 heavy (non-hydrogen) atoms. The second kappa shape index (κ2) is 9.67. The van der Waals surface area contributed by atoms with Gasteiger partial charge in [0.05, 0.1) is 27.2 Å². The molecule has 0 aliphatic heterocycles. The zero-order valence-corrected chi connectivity index (χ0v) is 12.3. The molecule has 5 heteroatoms. The van der Waals surface area contributed by atoms with Gasteiger partial charge in [0.2, 0.25) is 0 Å². The van der Waals surface area contributed by atoms with Gasteiger partial charge in [0.25, 0.3) is 0 Å². The zero-order valence-electron chi connectivity index (χ0n) is 11.3. The Balaban J connectivity index is 3.54. The minimum atomic E-state index is -1.88. The lowest BCUT2D eigenvalue weighted by atomic mass is 10.2. The number of hydrogen-bond acceptors (Lipinski definition) is 4. The third-order valence-corrected chi connectivity index (χ3v) is 3.34. The van der Waals surface area contributed by atoms with Gasteiger partial charge in [-0.15, -0.1) is 0 Å². The Kier molecular flexibility index (Phi) is 9.47. The van der Waals surface area contributed by atoms with Gasteiger partial charge in [0.1, 0.15) is 0 Å². The van der Waals surface area contributed by atoms with Crippen LogP contribution in [0.2, 0.25) is 0 Å². The van der Waals surface area contributed by atoms with Crippen molar-refractivity contribution >= 4 is 13.8 Å². The third-order valence-electron chi connectivity index (χ3n) is 1.90. The molecule has 0 rings (SSSR count). The van der Waals surface area contributed by atoms with Gasteiger partial charge in [0, 0.05) is 12.8 Å². The van der Waals surface area contributed by atoms with Crippen molar-refractivity contribution in [3.63, 3.8) is 0 Å². The molecule has 0 heterocycles. The minimum Gasteiger partial charge on any atom is -0.465 e. The Labute approximate surface area is 105 Å². The smallest absolute Gasteiger partial charge is 0.313 e. The van der Waals surface area contributed by atoms with Crippen LogP contribution in [0.1, 0.15) is 27.7 Å². The van der Waals surface area contributed by atoms with E-state index in [0.717, 1.165) is 0 Å². The van der Waals surface area contributed by atoms with Crippen molar-refractivity contribution in [3.05, 3.63) is 0 Å². The average Bonchev–Trinajstić information content (AvgIpc) is 2.21. The van der Waals surface area contributed by atoms with E-state index in [4.69, 9.17) is 9.47 Å². The fourth-order valence-corrected chi connectivity index (χ4v) is 2.04. The molecular weight excluding hydrogens is 239 g/mol. The van der Waals surface area contributed by atoms with Gasteiger partial charge in [-0.05, 0) is 11.8 Å². The number of carbonyl (C=O) groups excluding carboxylic acids is 1. The molecule has 0 aromatic carbocycles. The van der Waals surface area contributed by atoms with Crippen molar-refractivity contribution in [2.45, 2.75) is 27.7 Å².